The summed E-state index contributed by atoms with van der Waals surface area (Å²) in [5.41, 5.74) is 10.3. The van der Waals surface area contributed by atoms with Crippen LogP contribution in [0.15, 0.2) is 69.6 Å². The number of thiazole rings is 1. The van der Waals surface area contributed by atoms with Gasteiger partial charge < -0.3 is 34.6 Å². The maximum atomic E-state index is 12.3. The van der Waals surface area contributed by atoms with Gasteiger partial charge in [0.25, 0.3) is 5.01 Å². The summed E-state index contributed by atoms with van der Waals surface area (Å²) in [4.78, 5) is 15.7. The number of halogens is 3. The van der Waals surface area contributed by atoms with Crippen molar-refractivity contribution in [2.24, 2.45) is 11.7 Å². The van der Waals surface area contributed by atoms with Crippen LogP contribution in [-0.4, -0.2) is 12.5 Å². The van der Waals surface area contributed by atoms with E-state index in [0.717, 1.165) is 55.5 Å². The Morgan fingerprint density at radius 1 is 1.14 bits per heavy atom. The fourth-order valence-corrected chi connectivity index (χ4v) is 7.43. The third-order valence-corrected chi connectivity index (χ3v) is 9.07. The predicted molar refractivity (Wildman–Crippen MR) is 149 cm³/mol. The number of nitrogens with zero attached hydrogens (tertiary/aromatic N) is 2. The average molecular weight is 670 g/mol. The van der Waals surface area contributed by atoms with E-state index in [1.165, 1.54) is 9.60 Å². The molecule has 0 radical (unpaired) electrons. The number of hydrogen-bond acceptors (Lipinski definition) is 4. The van der Waals surface area contributed by atoms with Crippen molar-refractivity contribution in [2.45, 2.75) is 38.1 Å². The van der Waals surface area contributed by atoms with Crippen molar-refractivity contribution in [3.8, 4) is 0 Å². The third-order valence-electron chi connectivity index (χ3n) is 6.37. The second-order valence-corrected chi connectivity index (χ2v) is 11.7. The van der Waals surface area contributed by atoms with Gasteiger partial charge in [-0.1, -0.05) is 52.4 Å². The standard InChI is InChI=1S/C27H25Cl2N3OS2.HI/c1-3-31-21-14-19(28)5-7-23(21)34-25(31)12-16-9-17(11-18(10-16)27(30)33)13-26-32(4-2)22-15-20(29)6-8-24(22)35-26;/h5-9,12-15,18H,3-4,10-11H2,1-2H3,(H-,30,33);1H. The number of anilines is 1. The predicted octanol–water partition coefficient (Wildman–Crippen LogP) is 4.20. The van der Waals surface area contributed by atoms with Gasteiger partial charge in [0, 0.05) is 39.5 Å². The molecule has 0 spiro atoms. The molecule has 0 bridgehead atoms. The van der Waals surface area contributed by atoms with E-state index in [0.29, 0.717) is 12.8 Å². The van der Waals surface area contributed by atoms with Gasteiger partial charge in [-0.05, 0) is 74.2 Å². The van der Waals surface area contributed by atoms with Gasteiger partial charge in [0.2, 0.25) is 11.4 Å². The van der Waals surface area contributed by atoms with E-state index >= 15 is 0 Å². The van der Waals surface area contributed by atoms with E-state index in [1.54, 1.807) is 23.1 Å². The van der Waals surface area contributed by atoms with Crippen LogP contribution in [0.25, 0.3) is 16.3 Å². The number of rotatable bonds is 5. The SMILES string of the molecule is CCN1/C(=C/C2=CC(=C/c3sc4ccc(Cl)cc4[n+]3CC)/CC(C(N)=O)C2)Sc2ccc(Cl)cc21.[I-]. The summed E-state index contributed by atoms with van der Waals surface area (Å²) in [6, 6.07) is 12.0. The zero-order valence-corrected chi connectivity index (χ0v) is 25.2. The smallest absolute Gasteiger partial charge is 0.263 e. The Bertz CT molecular complexity index is 1430. The molecule has 188 valence electrons. The van der Waals surface area contributed by atoms with E-state index in [1.807, 2.05) is 24.3 Å². The first-order chi connectivity index (χ1) is 16.9. The van der Waals surface area contributed by atoms with E-state index in [-0.39, 0.29) is 35.8 Å². The van der Waals surface area contributed by atoms with E-state index in [2.05, 4.69) is 53.7 Å². The van der Waals surface area contributed by atoms with Crippen LogP contribution in [0.1, 0.15) is 31.7 Å². The van der Waals surface area contributed by atoms with E-state index in [9.17, 15) is 4.79 Å². The van der Waals surface area contributed by atoms with Gasteiger partial charge in [0.1, 0.15) is 11.2 Å². The Morgan fingerprint density at radius 2 is 1.89 bits per heavy atom. The molecule has 1 unspecified atom stereocenters. The van der Waals surface area contributed by atoms with Crippen molar-refractivity contribution in [3.05, 3.63) is 79.8 Å². The minimum Gasteiger partial charge on any atom is -1.00 e. The van der Waals surface area contributed by atoms with Gasteiger partial charge in [0.05, 0.1) is 10.7 Å². The van der Waals surface area contributed by atoms with E-state index < -0.39 is 0 Å². The maximum Gasteiger partial charge on any atom is 0.263 e. The van der Waals surface area contributed by atoms with Crippen LogP contribution in [-0.2, 0) is 11.3 Å². The fourth-order valence-electron chi connectivity index (χ4n) is 4.73. The number of hydrogen-bond donors (Lipinski definition) is 1. The van der Waals surface area contributed by atoms with Crippen molar-refractivity contribution < 1.29 is 33.3 Å². The lowest BCUT2D eigenvalue weighted by atomic mass is 9.85. The first-order valence-electron chi connectivity index (χ1n) is 11.6. The quantitative estimate of drug-likeness (QED) is 0.328. The molecule has 2 aromatic carbocycles. The first kappa shape index (κ1) is 27.5. The zero-order chi connectivity index (χ0) is 24.7. The van der Waals surface area contributed by atoms with Crippen LogP contribution in [0, 0.1) is 5.92 Å². The van der Waals surface area contributed by atoms with Crippen molar-refractivity contribution in [1.82, 2.24) is 0 Å². The summed E-state index contributed by atoms with van der Waals surface area (Å²) < 4.78 is 3.46. The Kier molecular flexibility index (Phi) is 8.77. The second-order valence-electron chi connectivity index (χ2n) is 8.68. The molecule has 2 aliphatic rings. The fraction of sp³-hybridized carbons (Fsp3) is 0.259. The lowest BCUT2D eigenvalue weighted by Gasteiger charge is -2.23. The Labute approximate surface area is 246 Å². The summed E-state index contributed by atoms with van der Waals surface area (Å²) in [6.07, 6.45) is 7.89. The van der Waals surface area contributed by atoms with Crippen LogP contribution in [0.4, 0.5) is 5.69 Å². The molecule has 9 heteroatoms. The van der Waals surface area contributed by atoms with Crippen LogP contribution in [0.3, 0.4) is 0 Å². The molecule has 0 saturated heterocycles. The number of thioether (sulfide) groups is 1. The van der Waals surface area contributed by atoms with Gasteiger partial charge in [-0.2, -0.15) is 4.57 Å². The molecule has 0 fully saturated rings. The van der Waals surface area contributed by atoms with Crippen molar-refractivity contribution in [2.75, 3.05) is 11.4 Å². The highest BCUT2D eigenvalue weighted by Crippen LogP contribution is 2.47. The monoisotopic (exact) mass is 669 g/mol. The number of amides is 1. The van der Waals surface area contributed by atoms with Crippen LogP contribution >= 0.6 is 46.3 Å². The van der Waals surface area contributed by atoms with Gasteiger partial charge in [-0.15, -0.1) is 0 Å². The first-order valence-corrected chi connectivity index (χ1v) is 14.0. The summed E-state index contributed by atoms with van der Waals surface area (Å²) in [6.45, 7) is 5.94. The number of primary amides is 1. The van der Waals surface area contributed by atoms with Gasteiger partial charge in [-0.3, -0.25) is 4.79 Å². The molecule has 0 saturated carbocycles. The van der Waals surface area contributed by atoms with Crippen molar-refractivity contribution >= 4 is 74.2 Å². The molecule has 1 aliphatic heterocycles. The Hall–Kier alpha value is -1.52. The van der Waals surface area contributed by atoms with Crippen molar-refractivity contribution in [3.63, 3.8) is 0 Å². The molecule has 4 nitrogen and oxygen atoms in total. The Balaban J connectivity index is 0.00000304. The molecule has 2 N–H and O–H groups in total. The number of carbonyl (C=O) groups excluding carboxylic acids is 1. The zero-order valence-electron chi connectivity index (χ0n) is 19.9. The molecule has 5 rings (SSSR count). The topological polar surface area (TPSA) is 50.2 Å². The van der Waals surface area contributed by atoms with E-state index in [4.69, 9.17) is 28.9 Å². The summed E-state index contributed by atoms with van der Waals surface area (Å²) in [5.74, 6) is -0.483. The highest BCUT2D eigenvalue weighted by Gasteiger charge is 2.28. The average Bonchev–Trinajstić information content (AvgIpc) is 3.34. The molecule has 1 aliphatic carbocycles. The normalized spacial score (nSPS) is 19.5. The molecular formula is C27H26Cl2IN3OS2. The lowest BCUT2D eigenvalue weighted by Crippen LogP contribution is -3.00. The molecule has 1 amide bonds. The second kappa shape index (κ2) is 11.5. The molecule has 36 heavy (non-hydrogen) atoms. The minimum atomic E-state index is -0.257. The molecule has 1 atom stereocenters. The summed E-state index contributed by atoms with van der Waals surface area (Å²) >= 11 is 16.0. The number of aryl methyl sites for hydroxylation is 1. The molecule has 2 heterocycles. The maximum absolute atomic E-state index is 12.3. The van der Waals surface area contributed by atoms with Gasteiger partial charge >= 0.3 is 0 Å². The highest BCUT2D eigenvalue weighted by atomic mass is 127. The number of allylic oxidation sites excluding steroid dienone is 4. The number of nitrogens with two attached hydrogens (primary N) is 1. The summed E-state index contributed by atoms with van der Waals surface area (Å²) in [7, 11) is 0. The molecule has 3 aromatic rings. The third kappa shape index (κ3) is 5.50. The summed E-state index contributed by atoms with van der Waals surface area (Å²) in [5, 5.41) is 3.74. The van der Waals surface area contributed by atoms with Gasteiger partial charge in [0.15, 0.2) is 0 Å². The largest absolute Gasteiger partial charge is 1.00 e. The number of aromatic nitrogens is 1. The van der Waals surface area contributed by atoms with Crippen LogP contribution < -0.4 is 39.2 Å². The van der Waals surface area contributed by atoms with Crippen LogP contribution in [0.2, 0.25) is 10.0 Å². The number of benzene rings is 2. The molecule has 1 aromatic heterocycles. The number of carbonyl (C=O) groups is 1. The molecular weight excluding hydrogens is 644 g/mol. The van der Waals surface area contributed by atoms with Crippen LogP contribution in [0.5, 0.6) is 0 Å². The lowest BCUT2D eigenvalue weighted by molar-refractivity contribution is -0.665. The van der Waals surface area contributed by atoms with Gasteiger partial charge in [-0.25, -0.2) is 0 Å². The Morgan fingerprint density at radius 3 is 2.61 bits per heavy atom. The highest BCUT2D eigenvalue weighted by molar-refractivity contribution is 8.03. The minimum absolute atomic E-state index is 0. The number of fused-ring (bicyclic) bond motifs is 2. The van der Waals surface area contributed by atoms with Crippen molar-refractivity contribution in [1.29, 1.82) is 0 Å².